The van der Waals surface area contributed by atoms with Gasteiger partial charge in [-0.05, 0) is 13.0 Å². The predicted molar refractivity (Wildman–Crippen MR) is 52.6 cm³/mol. The van der Waals surface area contributed by atoms with Crippen LogP contribution in [0.3, 0.4) is 0 Å². The molecule has 0 atom stereocenters. The van der Waals surface area contributed by atoms with Gasteiger partial charge in [0, 0.05) is 6.07 Å². The molecule has 0 fully saturated rings. The molecule has 1 aromatic carbocycles. The molecule has 1 aromatic rings. The number of hydrogen-bond acceptors (Lipinski definition) is 1. The Bertz CT molecular complexity index is 363. The van der Waals surface area contributed by atoms with Crippen molar-refractivity contribution in [1.82, 2.24) is 0 Å². The summed E-state index contributed by atoms with van der Waals surface area (Å²) in [5, 5.41) is -0.111. The number of hydrogen-bond donors (Lipinski definition) is 0. The van der Waals surface area contributed by atoms with Gasteiger partial charge in [0.05, 0.1) is 22.2 Å². The fraction of sp³-hybridized carbons (Fsp3) is 0.333. The third kappa shape index (κ3) is 2.92. The Morgan fingerprint density at radius 1 is 1.20 bits per heavy atom. The van der Waals surface area contributed by atoms with Gasteiger partial charge in [-0.3, -0.25) is 0 Å². The minimum Gasteiger partial charge on any atom is -0.493 e. The van der Waals surface area contributed by atoms with Gasteiger partial charge >= 0.3 is 6.18 Å². The molecule has 0 aliphatic carbocycles. The largest absolute Gasteiger partial charge is 0.493 e. The first-order chi connectivity index (χ1) is 6.86. The standard InChI is InChI=1S/C9H7Cl2F3O/c1-2-15-8-4-7(11)6(10)3-5(8)9(12,13)14/h3-4H,2H2,1H3. The van der Waals surface area contributed by atoms with Gasteiger partial charge < -0.3 is 4.74 Å². The van der Waals surface area contributed by atoms with E-state index in [1.165, 1.54) is 0 Å². The maximum absolute atomic E-state index is 12.5. The van der Waals surface area contributed by atoms with Crippen molar-refractivity contribution in [3.63, 3.8) is 0 Å². The zero-order valence-electron chi connectivity index (χ0n) is 7.66. The molecule has 0 aliphatic heterocycles. The predicted octanol–water partition coefficient (Wildman–Crippen LogP) is 4.41. The molecule has 0 N–H and O–H groups in total. The molecule has 15 heavy (non-hydrogen) atoms. The lowest BCUT2D eigenvalue weighted by Gasteiger charge is -2.13. The van der Waals surface area contributed by atoms with E-state index in [0.717, 1.165) is 12.1 Å². The van der Waals surface area contributed by atoms with E-state index in [-0.39, 0.29) is 22.4 Å². The fourth-order valence-electron chi connectivity index (χ4n) is 1.03. The lowest BCUT2D eigenvalue weighted by atomic mass is 10.2. The van der Waals surface area contributed by atoms with Crippen LogP contribution in [-0.2, 0) is 6.18 Å². The Labute approximate surface area is 94.7 Å². The molecule has 0 radical (unpaired) electrons. The summed E-state index contributed by atoms with van der Waals surface area (Å²) in [6, 6.07) is 1.82. The van der Waals surface area contributed by atoms with Gasteiger partial charge in [0.1, 0.15) is 5.75 Å². The molecule has 0 bridgehead atoms. The van der Waals surface area contributed by atoms with Crippen molar-refractivity contribution in [1.29, 1.82) is 0 Å². The van der Waals surface area contributed by atoms with Crippen molar-refractivity contribution in [3.05, 3.63) is 27.7 Å². The average Bonchev–Trinajstić information content (AvgIpc) is 2.09. The highest BCUT2D eigenvalue weighted by atomic mass is 35.5. The molecule has 1 rings (SSSR count). The molecule has 0 aromatic heterocycles. The lowest BCUT2D eigenvalue weighted by molar-refractivity contribution is -0.138. The van der Waals surface area contributed by atoms with E-state index >= 15 is 0 Å². The van der Waals surface area contributed by atoms with Crippen LogP contribution in [0.4, 0.5) is 13.2 Å². The van der Waals surface area contributed by atoms with Crippen molar-refractivity contribution in [2.45, 2.75) is 13.1 Å². The Balaban J connectivity index is 3.28. The van der Waals surface area contributed by atoms with Crippen LogP contribution < -0.4 is 4.74 Å². The third-order valence-electron chi connectivity index (χ3n) is 1.63. The number of ether oxygens (including phenoxy) is 1. The minimum atomic E-state index is -4.50. The summed E-state index contributed by atoms with van der Waals surface area (Å²) in [5.41, 5.74) is -0.918. The molecule has 84 valence electrons. The van der Waals surface area contributed by atoms with Crippen LogP contribution in [0.1, 0.15) is 12.5 Å². The highest BCUT2D eigenvalue weighted by molar-refractivity contribution is 6.42. The summed E-state index contributed by atoms with van der Waals surface area (Å²) in [4.78, 5) is 0. The van der Waals surface area contributed by atoms with Crippen LogP contribution in [0.5, 0.6) is 5.75 Å². The Hall–Kier alpha value is -0.610. The van der Waals surface area contributed by atoms with Crippen LogP contribution in [0, 0.1) is 0 Å². The van der Waals surface area contributed by atoms with Crippen LogP contribution in [0.2, 0.25) is 10.0 Å². The summed E-state index contributed by atoms with van der Waals surface area (Å²) in [7, 11) is 0. The quantitative estimate of drug-likeness (QED) is 0.764. The molecule has 0 saturated carbocycles. The molecular weight excluding hydrogens is 252 g/mol. The van der Waals surface area contributed by atoms with Gasteiger partial charge in [-0.2, -0.15) is 13.2 Å². The first-order valence-electron chi connectivity index (χ1n) is 4.05. The Kier molecular flexibility index (Phi) is 3.73. The minimum absolute atomic E-state index is 0.0353. The average molecular weight is 259 g/mol. The first kappa shape index (κ1) is 12.5. The molecule has 0 saturated heterocycles. The Morgan fingerprint density at radius 2 is 1.73 bits per heavy atom. The molecule has 0 heterocycles. The van der Waals surface area contributed by atoms with Crippen molar-refractivity contribution < 1.29 is 17.9 Å². The maximum Gasteiger partial charge on any atom is 0.420 e. The van der Waals surface area contributed by atoms with E-state index in [0.29, 0.717) is 0 Å². The van der Waals surface area contributed by atoms with Crippen molar-refractivity contribution in [2.24, 2.45) is 0 Å². The second-order valence-electron chi connectivity index (χ2n) is 2.69. The first-order valence-corrected chi connectivity index (χ1v) is 4.81. The Morgan fingerprint density at radius 3 is 2.20 bits per heavy atom. The molecular formula is C9H7Cl2F3O. The lowest BCUT2D eigenvalue weighted by Crippen LogP contribution is -2.08. The molecule has 0 spiro atoms. The van der Waals surface area contributed by atoms with Crippen LogP contribution in [0.15, 0.2) is 12.1 Å². The third-order valence-corrected chi connectivity index (χ3v) is 2.35. The SMILES string of the molecule is CCOc1cc(Cl)c(Cl)cc1C(F)(F)F. The summed E-state index contributed by atoms with van der Waals surface area (Å²) in [6.07, 6.45) is -4.50. The number of halogens is 5. The topological polar surface area (TPSA) is 9.23 Å². The van der Waals surface area contributed by atoms with E-state index in [4.69, 9.17) is 27.9 Å². The smallest absolute Gasteiger partial charge is 0.420 e. The van der Waals surface area contributed by atoms with Crippen LogP contribution >= 0.6 is 23.2 Å². The van der Waals surface area contributed by atoms with E-state index in [1.54, 1.807) is 6.92 Å². The second-order valence-corrected chi connectivity index (χ2v) is 3.51. The molecule has 0 aliphatic rings. The van der Waals surface area contributed by atoms with Crippen molar-refractivity contribution in [3.8, 4) is 5.75 Å². The van der Waals surface area contributed by atoms with Gasteiger partial charge in [-0.15, -0.1) is 0 Å². The van der Waals surface area contributed by atoms with E-state index in [9.17, 15) is 13.2 Å². The van der Waals surface area contributed by atoms with Crippen LogP contribution in [0.25, 0.3) is 0 Å². The highest BCUT2D eigenvalue weighted by Crippen LogP contribution is 2.40. The summed E-state index contributed by atoms with van der Waals surface area (Å²) >= 11 is 11.1. The number of alkyl halides is 3. The fourth-order valence-corrected chi connectivity index (χ4v) is 1.34. The normalized spacial score (nSPS) is 11.6. The van der Waals surface area contributed by atoms with Gasteiger partial charge in [0.25, 0.3) is 0 Å². The summed E-state index contributed by atoms with van der Waals surface area (Å²) in [6.45, 7) is 1.71. The van der Waals surface area contributed by atoms with Gasteiger partial charge in [-0.25, -0.2) is 0 Å². The van der Waals surface area contributed by atoms with Gasteiger partial charge in [0.15, 0.2) is 0 Å². The number of benzene rings is 1. The zero-order valence-corrected chi connectivity index (χ0v) is 9.17. The van der Waals surface area contributed by atoms with E-state index in [1.807, 2.05) is 0 Å². The molecule has 0 unspecified atom stereocenters. The highest BCUT2D eigenvalue weighted by Gasteiger charge is 2.35. The number of rotatable bonds is 2. The van der Waals surface area contributed by atoms with Crippen molar-refractivity contribution >= 4 is 23.2 Å². The van der Waals surface area contributed by atoms with Crippen LogP contribution in [-0.4, -0.2) is 6.61 Å². The summed E-state index contributed by atoms with van der Waals surface area (Å²) in [5.74, 6) is -0.306. The second kappa shape index (κ2) is 4.49. The van der Waals surface area contributed by atoms with Gasteiger partial charge in [-0.1, -0.05) is 23.2 Å². The van der Waals surface area contributed by atoms with Gasteiger partial charge in [0.2, 0.25) is 0 Å². The molecule has 1 nitrogen and oxygen atoms in total. The van der Waals surface area contributed by atoms with E-state index < -0.39 is 11.7 Å². The molecule has 0 amide bonds. The summed E-state index contributed by atoms with van der Waals surface area (Å²) < 4.78 is 42.3. The zero-order chi connectivity index (χ0) is 11.6. The van der Waals surface area contributed by atoms with E-state index in [2.05, 4.69) is 0 Å². The van der Waals surface area contributed by atoms with Crippen molar-refractivity contribution in [2.75, 3.05) is 6.61 Å². The molecule has 6 heteroatoms. The monoisotopic (exact) mass is 258 g/mol. The maximum atomic E-state index is 12.5.